The van der Waals surface area contributed by atoms with Gasteiger partial charge in [0.25, 0.3) is 0 Å². The number of esters is 1. The molecular weight excluding hydrogens is 557 g/mol. The van der Waals surface area contributed by atoms with E-state index < -0.39 is 5.25 Å². The molecule has 0 saturated carbocycles. The van der Waals surface area contributed by atoms with Crippen molar-refractivity contribution in [2.75, 3.05) is 13.2 Å². The predicted octanol–water partition coefficient (Wildman–Crippen LogP) is 11.4. The number of thiocarbonyl (C=S) groups is 1. The summed E-state index contributed by atoms with van der Waals surface area (Å²) in [5.74, 6) is 0.626. The van der Waals surface area contributed by atoms with Crippen LogP contribution in [0.2, 0.25) is 0 Å². The second-order valence-electron chi connectivity index (χ2n) is 10.8. The van der Waals surface area contributed by atoms with Crippen LogP contribution in [-0.2, 0) is 9.53 Å². The number of hydrogen-bond acceptors (Lipinski definition) is 5. The van der Waals surface area contributed by atoms with Crippen LogP contribution in [0, 0.1) is 0 Å². The first-order chi connectivity index (χ1) is 20.7. The van der Waals surface area contributed by atoms with Crippen molar-refractivity contribution in [2.24, 2.45) is 0 Å². The number of ether oxygens (including phenoxy) is 2. The number of unbranched alkanes of at least 4 members (excludes halogenated alkanes) is 14. The molecule has 0 N–H and O–H groups in total. The first-order valence-electron chi connectivity index (χ1n) is 16.0. The molecule has 2 rings (SSSR count). The van der Waals surface area contributed by atoms with Gasteiger partial charge in [-0.15, -0.1) is 13.2 Å². The largest absolute Gasteiger partial charge is 0.494 e. The number of rotatable bonds is 25. The SMILES string of the molecule is C=CCCCCCCCCCOC(=O)C(SC(=S)c1ccc(OCCCCCCCCCC=C)cc1)c1ccccc1. The number of thioether (sulfide) groups is 1. The van der Waals surface area contributed by atoms with Gasteiger partial charge in [-0.2, -0.15) is 0 Å². The summed E-state index contributed by atoms with van der Waals surface area (Å²) < 4.78 is 12.4. The molecule has 0 heterocycles. The number of benzene rings is 2. The second-order valence-corrected chi connectivity index (χ2v) is 12.6. The second kappa shape index (κ2) is 24.1. The maximum absolute atomic E-state index is 13.1. The molecular formula is C37H52O3S2. The molecule has 0 bridgehead atoms. The van der Waals surface area contributed by atoms with Gasteiger partial charge < -0.3 is 9.47 Å². The molecule has 0 spiro atoms. The molecule has 2 aromatic carbocycles. The highest BCUT2D eigenvalue weighted by atomic mass is 32.2. The average molecular weight is 609 g/mol. The predicted molar refractivity (Wildman–Crippen MR) is 186 cm³/mol. The van der Waals surface area contributed by atoms with Gasteiger partial charge in [-0.3, -0.25) is 4.79 Å². The summed E-state index contributed by atoms with van der Waals surface area (Å²) in [5, 5.41) is -0.485. The van der Waals surface area contributed by atoms with Crippen molar-refractivity contribution in [3.8, 4) is 5.75 Å². The first kappa shape index (κ1) is 35.8. The van der Waals surface area contributed by atoms with Gasteiger partial charge in [0, 0.05) is 0 Å². The molecule has 42 heavy (non-hydrogen) atoms. The lowest BCUT2D eigenvalue weighted by Crippen LogP contribution is -2.16. The van der Waals surface area contributed by atoms with Crippen LogP contribution in [0.5, 0.6) is 5.75 Å². The molecule has 5 heteroatoms. The van der Waals surface area contributed by atoms with Crippen molar-refractivity contribution in [3.63, 3.8) is 0 Å². The maximum Gasteiger partial charge on any atom is 0.324 e. The van der Waals surface area contributed by atoms with Gasteiger partial charge >= 0.3 is 5.97 Å². The van der Waals surface area contributed by atoms with E-state index >= 15 is 0 Å². The molecule has 1 atom stereocenters. The van der Waals surface area contributed by atoms with Gasteiger partial charge in [-0.05, 0) is 73.9 Å². The van der Waals surface area contributed by atoms with E-state index in [1.54, 1.807) is 0 Å². The minimum atomic E-state index is -0.485. The highest BCUT2D eigenvalue weighted by molar-refractivity contribution is 8.24. The third kappa shape index (κ3) is 16.3. The van der Waals surface area contributed by atoms with Crippen molar-refractivity contribution < 1.29 is 14.3 Å². The van der Waals surface area contributed by atoms with E-state index in [0.717, 1.165) is 55.6 Å². The Labute approximate surface area is 265 Å². The van der Waals surface area contributed by atoms with Crippen LogP contribution < -0.4 is 4.74 Å². The van der Waals surface area contributed by atoms with Crippen molar-refractivity contribution in [1.82, 2.24) is 0 Å². The molecule has 0 fully saturated rings. The minimum Gasteiger partial charge on any atom is -0.494 e. The van der Waals surface area contributed by atoms with Crippen molar-refractivity contribution in [1.29, 1.82) is 0 Å². The van der Waals surface area contributed by atoms with Gasteiger partial charge in [0.15, 0.2) is 0 Å². The third-order valence-electron chi connectivity index (χ3n) is 7.25. The molecule has 230 valence electrons. The molecule has 1 unspecified atom stereocenters. The monoisotopic (exact) mass is 608 g/mol. The zero-order valence-electron chi connectivity index (χ0n) is 25.6. The van der Waals surface area contributed by atoms with Gasteiger partial charge in [-0.1, -0.05) is 131 Å². The Balaban J connectivity index is 1.73. The lowest BCUT2D eigenvalue weighted by Gasteiger charge is -2.17. The quantitative estimate of drug-likeness (QED) is 0.0485. The zero-order valence-corrected chi connectivity index (χ0v) is 27.2. The molecule has 0 aliphatic heterocycles. The Hall–Kier alpha value is -2.37. The molecule has 0 aliphatic carbocycles. The van der Waals surface area contributed by atoms with Crippen LogP contribution >= 0.6 is 24.0 Å². The van der Waals surface area contributed by atoms with E-state index in [0.29, 0.717) is 10.8 Å². The molecule has 0 aromatic heterocycles. The fourth-order valence-electron chi connectivity index (χ4n) is 4.73. The first-order valence-corrected chi connectivity index (χ1v) is 17.3. The van der Waals surface area contributed by atoms with Crippen LogP contribution in [0.1, 0.15) is 119 Å². The van der Waals surface area contributed by atoms with E-state index in [-0.39, 0.29) is 5.97 Å². The smallest absolute Gasteiger partial charge is 0.324 e. The lowest BCUT2D eigenvalue weighted by molar-refractivity contribution is -0.143. The van der Waals surface area contributed by atoms with Gasteiger partial charge in [0.1, 0.15) is 11.0 Å². The highest BCUT2D eigenvalue weighted by Crippen LogP contribution is 2.34. The topological polar surface area (TPSA) is 35.5 Å². The number of allylic oxidation sites excluding steroid dienone is 2. The summed E-state index contributed by atoms with van der Waals surface area (Å²) in [6.07, 6.45) is 23.1. The maximum atomic E-state index is 13.1. The molecule has 0 amide bonds. The molecule has 0 aliphatic rings. The Kier molecular flexibility index (Phi) is 20.6. The molecule has 0 radical (unpaired) electrons. The Morgan fingerprint density at radius 2 is 1.19 bits per heavy atom. The van der Waals surface area contributed by atoms with Crippen LogP contribution in [0.3, 0.4) is 0 Å². The van der Waals surface area contributed by atoms with Crippen LogP contribution in [0.4, 0.5) is 0 Å². The van der Waals surface area contributed by atoms with E-state index in [1.165, 1.54) is 82.4 Å². The van der Waals surface area contributed by atoms with E-state index in [1.807, 2.05) is 66.7 Å². The highest BCUT2D eigenvalue weighted by Gasteiger charge is 2.25. The standard InChI is InChI=1S/C37H52O3S2/c1-3-5-7-9-11-13-15-17-22-30-39-34-28-26-33(27-29-34)37(41)42-35(32-24-20-19-21-25-32)36(38)40-31-23-18-16-14-12-10-8-6-4-2/h3-4,19-21,24-29,35H,1-2,5-18,22-23,30-31H2. The average Bonchev–Trinajstić information content (AvgIpc) is 3.02. The fourth-order valence-corrected chi connectivity index (χ4v) is 6.10. The molecule has 2 aromatic rings. The van der Waals surface area contributed by atoms with Gasteiger partial charge in [-0.25, -0.2) is 0 Å². The summed E-state index contributed by atoms with van der Waals surface area (Å²) in [6, 6.07) is 17.7. The Morgan fingerprint density at radius 3 is 1.74 bits per heavy atom. The summed E-state index contributed by atoms with van der Waals surface area (Å²) in [7, 11) is 0. The summed E-state index contributed by atoms with van der Waals surface area (Å²) in [5.41, 5.74) is 1.83. The van der Waals surface area contributed by atoms with Crippen LogP contribution in [0.25, 0.3) is 0 Å². The van der Waals surface area contributed by atoms with Crippen molar-refractivity contribution in [2.45, 2.75) is 108 Å². The molecule has 3 nitrogen and oxygen atoms in total. The number of carbonyl (C=O) groups is 1. The van der Waals surface area contributed by atoms with Crippen molar-refractivity contribution >= 4 is 34.1 Å². The van der Waals surface area contributed by atoms with E-state index in [2.05, 4.69) is 13.2 Å². The van der Waals surface area contributed by atoms with E-state index in [4.69, 9.17) is 21.7 Å². The third-order valence-corrected chi connectivity index (χ3v) is 8.92. The summed E-state index contributed by atoms with van der Waals surface area (Å²) >= 11 is 7.15. The van der Waals surface area contributed by atoms with Crippen LogP contribution in [-0.4, -0.2) is 23.4 Å². The molecule has 0 saturated heterocycles. The minimum absolute atomic E-state index is 0.227. The zero-order chi connectivity index (χ0) is 30.1. The van der Waals surface area contributed by atoms with Gasteiger partial charge in [0.2, 0.25) is 0 Å². The Morgan fingerprint density at radius 1 is 0.690 bits per heavy atom. The number of carbonyl (C=O) groups excluding carboxylic acids is 1. The number of hydrogen-bond donors (Lipinski definition) is 0. The van der Waals surface area contributed by atoms with E-state index in [9.17, 15) is 4.79 Å². The summed E-state index contributed by atoms with van der Waals surface area (Å²) in [4.78, 5) is 13.1. The fraction of sp³-hybridized carbons (Fsp3) is 0.514. The van der Waals surface area contributed by atoms with Gasteiger partial charge in [0.05, 0.1) is 17.4 Å². The van der Waals surface area contributed by atoms with Crippen LogP contribution in [0.15, 0.2) is 79.9 Å². The lowest BCUT2D eigenvalue weighted by atomic mass is 10.1. The van der Waals surface area contributed by atoms with Crippen molar-refractivity contribution in [3.05, 3.63) is 91.0 Å². The Bertz CT molecular complexity index is 1000. The normalized spacial score (nSPS) is 11.5. The summed E-state index contributed by atoms with van der Waals surface area (Å²) in [6.45, 7) is 8.74.